The Hall–Kier alpha value is -3.81. The number of anilines is 2. The molecule has 1 aromatic heterocycles. The smallest absolute Gasteiger partial charge is 0.263 e. The summed E-state index contributed by atoms with van der Waals surface area (Å²) in [4.78, 5) is 12.1. The molecule has 0 fully saturated rings. The van der Waals surface area contributed by atoms with E-state index < -0.39 is 0 Å². The van der Waals surface area contributed by atoms with Gasteiger partial charge in [0, 0.05) is 12.1 Å². The average molecular weight is 394 g/mol. The molecule has 0 aliphatic heterocycles. The van der Waals surface area contributed by atoms with Gasteiger partial charge in [-0.25, -0.2) is 0 Å². The van der Waals surface area contributed by atoms with Crippen molar-refractivity contribution < 1.29 is 19.0 Å². The fraction of sp³-hybridized carbons (Fsp3) is 0.190. The maximum atomic E-state index is 12.1. The van der Waals surface area contributed by atoms with Crippen molar-refractivity contribution in [2.45, 2.75) is 6.54 Å². The van der Waals surface area contributed by atoms with E-state index in [1.165, 1.54) is 0 Å². The topological polar surface area (TPSA) is 94.6 Å². The lowest BCUT2D eigenvalue weighted by atomic mass is 10.2. The number of hydrogen-bond acceptors (Lipinski definition) is 7. The first-order valence-electron chi connectivity index (χ1n) is 8.94. The number of aromatic nitrogens is 2. The molecule has 0 saturated heterocycles. The van der Waals surface area contributed by atoms with Crippen molar-refractivity contribution in [1.82, 2.24) is 10.2 Å². The number of hydrogen-bond donors (Lipinski definition) is 2. The minimum absolute atomic E-state index is 0.171. The largest absolute Gasteiger partial charge is 0.496 e. The highest BCUT2D eigenvalue weighted by Gasteiger charge is 2.08. The van der Waals surface area contributed by atoms with E-state index in [4.69, 9.17) is 14.2 Å². The van der Waals surface area contributed by atoms with Crippen LogP contribution in [0, 0.1) is 0 Å². The maximum absolute atomic E-state index is 12.1. The predicted octanol–water partition coefficient (Wildman–Crippen LogP) is 3.12. The van der Waals surface area contributed by atoms with Gasteiger partial charge in [0.25, 0.3) is 5.91 Å². The second kappa shape index (κ2) is 9.93. The Morgan fingerprint density at radius 3 is 2.14 bits per heavy atom. The lowest BCUT2D eigenvalue weighted by Crippen LogP contribution is -2.21. The zero-order valence-electron chi connectivity index (χ0n) is 16.2. The molecule has 3 rings (SSSR count). The summed E-state index contributed by atoms with van der Waals surface area (Å²) >= 11 is 0. The van der Waals surface area contributed by atoms with Crippen LogP contribution in [0.2, 0.25) is 0 Å². The Morgan fingerprint density at radius 2 is 1.45 bits per heavy atom. The van der Waals surface area contributed by atoms with Crippen molar-refractivity contribution >= 4 is 17.5 Å². The molecule has 2 aromatic carbocycles. The van der Waals surface area contributed by atoms with Crippen molar-refractivity contribution in [1.29, 1.82) is 0 Å². The molecule has 0 bridgehead atoms. The van der Waals surface area contributed by atoms with Gasteiger partial charge in [-0.05, 0) is 30.3 Å². The summed E-state index contributed by atoms with van der Waals surface area (Å²) in [6, 6.07) is 18.2. The molecule has 1 heterocycles. The van der Waals surface area contributed by atoms with E-state index in [9.17, 15) is 4.79 Å². The van der Waals surface area contributed by atoms with Crippen molar-refractivity contribution in [3.63, 3.8) is 0 Å². The van der Waals surface area contributed by atoms with E-state index in [1.807, 2.05) is 30.3 Å². The quantitative estimate of drug-likeness (QED) is 0.576. The van der Waals surface area contributed by atoms with E-state index in [1.54, 1.807) is 44.6 Å². The van der Waals surface area contributed by atoms with E-state index in [2.05, 4.69) is 20.8 Å². The fourth-order valence-corrected chi connectivity index (χ4v) is 2.59. The molecule has 3 aromatic rings. The van der Waals surface area contributed by atoms with Crippen LogP contribution < -0.4 is 24.8 Å². The zero-order chi connectivity index (χ0) is 20.5. The molecule has 1 amide bonds. The first kappa shape index (κ1) is 19.9. The van der Waals surface area contributed by atoms with Crippen LogP contribution in [-0.4, -0.2) is 36.9 Å². The molecule has 8 nitrogen and oxygen atoms in total. The van der Waals surface area contributed by atoms with Crippen molar-refractivity contribution in [3.05, 3.63) is 66.2 Å². The van der Waals surface area contributed by atoms with Gasteiger partial charge in [-0.2, -0.15) is 0 Å². The Bertz CT molecular complexity index is 947. The molecular weight excluding hydrogens is 372 g/mol. The highest BCUT2D eigenvalue weighted by Crippen LogP contribution is 2.25. The number of benzene rings is 2. The standard InChI is InChI=1S/C21H22N4O4/c1-27-16-8-4-3-7-15(16)13-22-19-11-12-20(25-24-19)23-21(26)14-29-18-10-6-5-9-17(18)28-2/h3-12H,13-14H2,1-2H3,(H,22,24)(H,23,25,26). The number of rotatable bonds is 9. The molecule has 0 spiro atoms. The second-order valence-corrected chi connectivity index (χ2v) is 5.96. The summed E-state index contributed by atoms with van der Waals surface area (Å²) in [6.07, 6.45) is 0. The number of methoxy groups -OCH3 is 2. The Labute approximate surface area is 168 Å². The SMILES string of the molecule is COc1ccccc1CNc1ccc(NC(=O)COc2ccccc2OC)nn1. The van der Waals surface area contributed by atoms with Crippen LogP contribution in [0.5, 0.6) is 17.2 Å². The third-order valence-electron chi connectivity index (χ3n) is 4.01. The number of nitrogens with one attached hydrogen (secondary N) is 2. The average Bonchev–Trinajstić information content (AvgIpc) is 2.77. The lowest BCUT2D eigenvalue weighted by Gasteiger charge is -2.11. The monoisotopic (exact) mass is 394 g/mol. The van der Waals surface area contributed by atoms with Gasteiger partial charge < -0.3 is 24.8 Å². The third-order valence-corrected chi connectivity index (χ3v) is 4.01. The van der Waals surface area contributed by atoms with Gasteiger partial charge in [0.1, 0.15) is 11.6 Å². The molecule has 0 radical (unpaired) electrons. The van der Waals surface area contributed by atoms with Crippen LogP contribution >= 0.6 is 0 Å². The number of carbonyl (C=O) groups is 1. The summed E-state index contributed by atoms with van der Waals surface area (Å²) in [7, 11) is 3.18. The summed E-state index contributed by atoms with van der Waals surface area (Å²) in [5, 5.41) is 13.9. The number of ether oxygens (including phenoxy) is 3. The molecule has 29 heavy (non-hydrogen) atoms. The van der Waals surface area contributed by atoms with Gasteiger partial charge in [0.05, 0.1) is 14.2 Å². The van der Waals surface area contributed by atoms with Crippen LogP contribution in [0.3, 0.4) is 0 Å². The van der Waals surface area contributed by atoms with Gasteiger partial charge in [-0.1, -0.05) is 30.3 Å². The van der Waals surface area contributed by atoms with Crippen LogP contribution in [0.1, 0.15) is 5.56 Å². The predicted molar refractivity (Wildman–Crippen MR) is 109 cm³/mol. The molecule has 150 valence electrons. The minimum atomic E-state index is -0.347. The number of para-hydroxylation sites is 3. The molecule has 0 saturated carbocycles. The first-order chi connectivity index (χ1) is 14.2. The number of carbonyl (C=O) groups excluding carboxylic acids is 1. The van der Waals surface area contributed by atoms with Gasteiger partial charge in [0.15, 0.2) is 23.9 Å². The van der Waals surface area contributed by atoms with Crippen LogP contribution in [0.4, 0.5) is 11.6 Å². The van der Waals surface area contributed by atoms with E-state index in [0.29, 0.717) is 29.7 Å². The Morgan fingerprint density at radius 1 is 0.828 bits per heavy atom. The summed E-state index contributed by atoms with van der Waals surface area (Å²) in [6.45, 7) is 0.368. The summed E-state index contributed by atoms with van der Waals surface area (Å²) in [5.74, 6) is 2.42. The van der Waals surface area contributed by atoms with Crippen LogP contribution in [0.15, 0.2) is 60.7 Å². The van der Waals surface area contributed by atoms with Gasteiger partial charge >= 0.3 is 0 Å². The molecule has 0 aliphatic rings. The third kappa shape index (κ3) is 5.58. The van der Waals surface area contributed by atoms with E-state index in [-0.39, 0.29) is 12.5 Å². The molecule has 8 heteroatoms. The highest BCUT2D eigenvalue weighted by molar-refractivity contribution is 5.90. The lowest BCUT2D eigenvalue weighted by molar-refractivity contribution is -0.118. The van der Waals surface area contributed by atoms with E-state index >= 15 is 0 Å². The zero-order valence-corrected chi connectivity index (χ0v) is 16.2. The normalized spacial score (nSPS) is 10.1. The minimum Gasteiger partial charge on any atom is -0.496 e. The van der Waals surface area contributed by atoms with E-state index in [0.717, 1.165) is 11.3 Å². The fourth-order valence-electron chi connectivity index (χ4n) is 2.59. The van der Waals surface area contributed by atoms with Crippen molar-refractivity contribution in [2.75, 3.05) is 31.5 Å². The maximum Gasteiger partial charge on any atom is 0.263 e. The van der Waals surface area contributed by atoms with Crippen molar-refractivity contribution in [3.8, 4) is 17.2 Å². The highest BCUT2D eigenvalue weighted by atomic mass is 16.5. The molecule has 0 atom stereocenters. The van der Waals surface area contributed by atoms with Crippen LogP contribution in [0.25, 0.3) is 0 Å². The molecule has 2 N–H and O–H groups in total. The molecular formula is C21H22N4O4. The number of amides is 1. The van der Waals surface area contributed by atoms with Gasteiger partial charge in [0.2, 0.25) is 0 Å². The second-order valence-electron chi connectivity index (χ2n) is 5.96. The molecule has 0 aliphatic carbocycles. The number of nitrogens with zero attached hydrogens (tertiary/aromatic N) is 2. The van der Waals surface area contributed by atoms with Gasteiger partial charge in [-0.3, -0.25) is 4.79 Å². The summed E-state index contributed by atoms with van der Waals surface area (Å²) in [5.41, 5.74) is 1.00. The van der Waals surface area contributed by atoms with Crippen LogP contribution in [-0.2, 0) is 11.3 Å². The molecule has 0 unspecified atom stereocenters. The Balaban J connectivity index is 1.50. The summed E-state index contributed by atoms with van der Waals surface area (Å²) < 4.78 is 16.0. The Kier molecular flexibility index (Phi) is 6.83. The van der Waals surface area contributed by atoms with Gasteiger partial charge in [-0.15, -0.1) is 10.2 Å². The van der Waals surface area contributed by atoms with Crippen molar-refractivity contribution in [2.24, 2.45) is 0 Å². The first-order valence-corrected chi connectivity index (χ1v) is 8.94.